The third kappa shape index (κ3) is 4.52. The van der Waals surface area contributed by atoms with Gasteiger partial charge in [-0.3, -0.25) is 14.8 Å². The summed E-state index contributed by atoms with van der Waals surface area (Å²) in [5.41, 5.74) is 5.78. The number of nitrogens with one attached hydrogen (secondary N) is 1. The van der Waals surface area contributed by atoms with E-state index in [0.29, 0.717) is 25.2 Å². The highest BCUT2D eigenvalue weighted by atomic mass is 127. The smallest absolute Gasteiger partial charge is 0.188 e. The Labute approximate surface area is 126 Å². The number of guanidine groups is 1. The van der Waals surface area contributed by atoms with E-state index in [1.165, 1.54) is 26.2 Å². The van der Waals surface area contributed by atoms with Gasteiger partial charge in [0.25, 0.3) is 0 Å². The molecule has 3 saturated heterocycles. The van der Waals surface area contributed by atoms with Gasteiger partial charge in [-0.1, -0.05) is 0 Å². The van der Waals surface area contributed by atoms with Crippen LogP contribution in [0.3, 0.4) is 0 Å². The summed E-state index contributed by atoms with van der Waals surface area (Å²) in [4.78, 5) is 9.43. The van der Waals surface area contributed by atoms with Crippen molar-refractivity contribution in [2.24, 2.45) is 10.7 Å². The highest BCUT2D eigenvalue weighted by molar-refractivity contribution is 14.0. The fraction of sp³-hybridized carbons (Fsp3) is 0.909. The molecule has 0 aromatic rings. The van der Waals surface area contributed by atoms with Crippen LogP contribution in [0.2, 0.25) is 0 Å². The van der Waals surface area contributed by atoms with E-state index in [1.54, 1.807) is 7.11 Å². The lowest BCUT2D eigenvalue weighted by molar-refractivity contribution is 0.0174. The maximum absolute atomic E-state index is 5.78. The second-order valence-corrected chi connectivity index (χ2v) is 4.64. The quantitative estimate of drug-likeness (QED) is 0.286. The molecular weight excluding hydrogens is 345 g/mol. The van der Waals surface area contributed by atoms with Crippen LogP contribution >= 0.6 is 24.0 Å². The number of hydrogen-bond donors (Lipinski definition) is 2. The van der Waals surface area contributed by atoms with Crippen molar-refractivity contribution >= 4 is 29.9 Å². The Morgan fingerprint density at radius 1 is 1.39 bits per heavy atom. The van der Waals surface area contributed by atoms with Crippen LogP contribution in [0, 0.1) is 0 Å². The molecule has 0 aromatic carbocycles. The van der Waals surface area contributed by atoms with E-state index in [9.17, 15) is 0 Å². The first kappa shape index (κ1) is 15.9. The molecule has 0 saturated carbocycles. The molecule has 18 heavy (non-hydrogen) atoms. The van der Waals surface area contributed by atoms with Crippen LogP contribution in [-0.2, 0) is 4.74 Å². The topological polar surface area (TPSA) is 66.1 Å². The summed E-state index contributed by atoms with van der Waals surface area (Å²) in [5.74, 6) is 0.527. The van der Waals surface area contributed by atoms with Crippen LogP contribution in [0.25, 0.3) is 0 Å². The summed E-state index contributed by atoms with van der Waals surface area (Å²) in [6, 6.07) is 0.542. The zero-order valence-electron chi connectivity index (χ0n) is 11.0. The van der Waals surface area contributed by atoms with Gasteiger partial charge in [-0.05, 0) is 0 Å². The van der Waals surface area contributed by atoms with E-state index in [-0.39, 0.29) is 24.0 Å². The summed E-state index contributed by atoms with van der Waals surface area (Å²) >= 11 is 0. The summed E-state index contributed by atoms with van der Waals surface area (Å²) < 4.78 is 4.94. The van der Waals surface area contributed by atoms with Gasteiger partial charge in [0.1, 0.15) is 0 Å². The number of fused-ring (bicyclic) bond motifs is 3. The molecule has 3 fully saturated rings. The average Bonchev–Trinajstić information content (AvgIpc) is 2.38. The minimum atomic E-state index is 0. The molecule has 0 amide bonds. The molecule has 6 nitrogen and oxygen atoms in total. The molecule has 3 rings (SSSR count). The standard InChI is InChI=1S/C11H23N5O.HI/c1-17-7-2-13-11(12)14-8-10-9-15-3-5-16(10)6-4-15;/h10H,2-9H2,1H3,(H3,12,13,14);1H. The van der Waals surface area contributed by atoms with Crippen molar-refractivity contribution in [3.8, 4) is 0 Å². The summed E-state index contributed by atoms with van der Waals surface area (Å²) in [6.45, 7) is 8.07. The molecule has 3 N–H and O–H groups in total. The molecule has 7 heteroatoms. The third-order valence-corrected chi connectivity index (χ3v) is 3.48. The lowest BCUT2D eigenvalue weighted by Gasteiger charge is -2.47. The highest BCUT2D eigenvalue weighted by Crippen LogP contribution is 2.15. The Balaban J connectivity index is 0.00000162. The highest BCUT2D eigenvalue weighted by Gasteiger charge is 2.31. The number of methoxy groups -OCH3 is 1. The number of hydrogen-bond acceptors (Lipinski definition) is 4. The molecular formula is C11H24IN5O. The molecule has 0 aromatic heterocycles. The van der Waals surface area contributed by atoms with Gasteiger partial charge >= 0.3 is 0 Å². The minimum Gasteiger partial charge on any atom is -0.383 e. The van der Waals surface area contributed by atoms with Gasteiger partial charge in [0.05, 0.1) is 13.2 Å². The largest absolute Gasteiger partial charge is 0.383 e. The first-order valence-corrected chi connectivity index (χ1v) is 6.28. The number of nitrogens with zero attached hydrogens (tertiary/aromatic N) is 3. The van der Waals surface area contributed by atoms with Gasteiger partial charge in [0, 0.05) is 52.4 Å². The first-order chi connectivity index (χ1) is 8.29. The third-order valence-electron chi connectivity index (χ3n) is 3.48. The Morgan fingerprint density at radius 3 is 2.67 bits per heavy atom. The van der Waals surface area contributed by atoms with Crippen LogP contribution < -0.4 is 11.1 Å². The van der Waals surface area contributed by atoms with Crippen LogP contribution in [-0.4, -0.2) is 81.3 Å². The maximum Gasteiger partial charge on any atom is 0.188 e. The van der Waals surface area contributed by atoms with Crippen LogP contribution in [0.4, 0.5) is 0 Å². The van der Waals surface area contributed by atoms with E-state index in [2.05, 4.69) is 20.1 Å². The van der Waals surface area contributed by atoms with Gasteiger partial charge in [0.2, 0.25) is 0 Å². The summed E-state index contributed by atoms with van der Waals surface area (Å²) in [5, 5.41) is 3.04. The van der Waals surface area contributed by atoms with Gasteiger partial charge in [0.15, 0.2) is 5.96 Å². The van der Waals surface area contributed by atoms with Crippen molar-refractivity contribution in [3.63, 3.8) is 0 Å². The van der Waals surface area contributed by atoms with E-state index >= 15 is 0 Å². The molecule has 0 aliphatic carbocycles. The Hall–Kier alpha value is -0.120. The van der Waals surface area contributed by atoms with Crippen molar-refractivity contribution < 1.29 is 4.74 Å². The van der Waals surface area contributed by atoms with Crippen LogP contribution in [0.5, 0.6) is 0 Å². The van der Waals surface area contributed by atoms with E-state index in [0.717, 1.165) is 13.1 Å². The summed E-state index contributed by atoms with van der Waals surface area (Å²) in [7, 11) is 1.68. The van der Waals surface area contributed by atoms with Crippen molar-refractivity contribution in [3.05, 3.63) is 0 Å². The molecule has 1 unspecified atom stereocenters. The molecule has 3 aliphatic rings. The SMILES string of the molecule is COCCNC(N)=NCC1CN2CCN1CC2.I. The molecule has 3 heterocycles. The van der Waals surface area contributed by atoms with E-state index in [1.807, 2.05) is 0 Å². The lowest BCUT2D eigenvalue weighted by Crippen LogP contribution is -2.61. The van der Waals surface area contributed by atoms with Crippen molar-refractivity contribution in [2.45, 2.75) is 6.04 Å². The number of nitrogens with two attached hydrogens (primary N) is 1. The van der Waals surface area contributed by atoms with Crippen LogP contribution in [0.15, 0.2) is 4.99 Å². The fourth-order valence-corrected chi connectivity index (χ4v) is 2.44. The number of ether oxygens (including phenoxy) is 1. The van der Waals surface area contributed by atoms with Gasteiger partial charge in [-0.15, -0.1) is 24.0 Å². The molecule has 0 spiro atoms. The number of halogens is 1. The Morgan fingerprint density at radius 2 is 2.11 bits per heavy atom. The average molecular weight is 369 g/mol. The Bertz CT molecular complexity index is 268. The second-order valence-electron chi connectivity index (χ2n) is 4.64. The van der Waals surface area contributed by atoms with Crippen molar-refractivity contribution in [1.82, 2.24) is 15.1 Å². The molecule has 106 valence electrons. The van der Waals surface area contributed by atoms with Gasteiger partial charge < -0.3 is 15.8 Å². The Kier molecular flexibility index (Phi) is 7.20. The van der Waals surface area contributed by atoms with Gasteiger partial charge in [-0.25, -0.2) is 0 Å². The van der Waals surface area contributed by atoms with Gasteiger partial charge in [-0.2, -0.15) is 0 Å². The summed E-state index contributed by atoms with van der Waals surface area (Å²) in [6.07, 6.45) is 0. The lowest BCUT2D eigenvalue weighted by atomic mass is 10.1. The zero-order chi connectivity index (χ0) is 12.1. The zero-order valence-corrected chi connectivity index (χ0v) is 13.3. The predicted molar refractivity (Wildman–Crippen MR) is 83.6 cm³/mol. The van der Waals surface area contributed by atoms with Crippen molar-refractivity contribution in [1.29, 1.82) is 0 Å². The first-order valence-electron chi connectivity index (χ1n) is 6.28. The normalized spacial score (nSPS) is 30.9. The maximum atomic E-state index is 5.78. The molecule has 2 bridgehead atoms. The number of aliphatic imine (C=N–C) groups is 1. The molecule has 1 atom stereocenters. The monoisotopic (exact) mass is 369 g/mol. The van der Waals surface area contributed by atoms with Crippen molar-refractivity contribution in [2.75, 3.05) is 59.5 Å². The van der Waals surface area contributed by atoms with E-state index < -0.39 is 0 Å². The van der Waals surface area contributed by atoms with E-state index in [4.69, 9.17) is 10.5 Å². The predicted octanol–water partition coefficient (Wildman–Crippen LogP) is -0.845. The number of piperazine rings is 3. The molecule has 3 aliphatic heterocycles. The van der Waals surface area contributed by atoms with Crippen LogP contribution in [0.1, 0.15) is 0 Å². The fourth-order valence-electron chi connectivity index (χ4n) is 2.44. The second kappa shape index (κ2) is 8.13. The minimum absolute atomic E-state index is 0. The molecule has 0 radical (unpaired) electrons. The number of rotatable bonds is 5.